The summed E-state index contributed by atoms with van der Waals surface area (Å²) in [5.74, 6) is -1.73. The maximum atomic E-state index is 13.0. The zero-order chi connectivity index (χ0) is 10.3. The first kappa shape index (κ1) is 9.43. The van der Waals surface area contributed by atoms with Crippen LogP contribution in [-0.2, 0) is 0 Å². The zero-order valence-electron chi connectivity index (χ0n) is 6.75. The van der Waals surface area contributed by atoms with Crippen LogP contribution in [0.5, 0.6) is 0 Å². The first-order valence-electron chi connectivity index (χ1n) is 3.69. The lowest BCUT2D eigenvalue weighted by Crippen LogP contribution is -1.96. The van der Waals surface area contributed by atoms with E-state index in [0.29, 0.717) is 15.1 Å². The van der Waals surface area contributed by atoms with E-state index in [0.717, 1.165) is 6.07 Å². The molecule has 1 heterocycles. The molecule has 0 saturated heterocycles. The fourth-order valence-corrected chi connectivity index (χ4v) is 2.49. The van der Waals surface area contributed by atoms with Gasteiger partial charge in [-0.15, -0.1) is 11.3 Å². The third kappa shape index (κ3) is 1.36. The number of rotatable bonds is 1. The van der Waals surface area contributed by atoms with Crippen LogP contribution in [0.1, 0.15) is 10.4 Å². The van der Waals surface area contributed by atoms with Crippen molar-refractivity contribution in [1.82, 2.24) is 0 Å². The van der Waals surface area contributed by atoms with Crippen molar-refractivity contribution in [2.75, 3.05) is 0 Å². The first-order valence-corrected chi connectivity index (χ1v) is 4.95. The van der Waals surface area contributed by atoms with Gasteiger partial charge in [-0.3, -0.25) is 0 Å². The second-order valence-corrected chi connectivity index (χ2v) is 4.01. The van der Waals surface area contributed by atoms with Crippen LogP contribution in [0.4, 0.5) is 4.39 Å². The van der Waals surface area contributed by atoms with Crippen molar-refractivity contribution in [3.8, 4) is 0 Å². The van der Waals surface area contributed by atoms with Gasteiger partial charge in [0.05, 0.1) is 15.3 Å². The summed E-state index contributed by atoms with van der Waals surface area (Å²) in [4.78, 5) is 10.8. The van der Waals surface area contributed by atoms with Gasteiger partial charge >= 0.3 is 5.97 Å². The van der Waals surface area contributed by atoms with E-state index in [4.69, 9.17) is 16.7 Å². The molecule has 0 fully saturated rings. The molecular weight excluding hydrogens is 227 g/mol. The van der Waals surface area contributed by atoms with Crippen molar-refractivity contribution in [1.29, 1.82) is 0 Å². The number of carboxylic acid groups (broad SMARTS) is 1. The molecule has 2 aromatic rings. The van der Waals surface area contributed by atoms with Crippen molar-refractivity contribution in [2.24, 2.45) is 0 Å². The van der Waals surface area contributed by atoms with Gasteiger partial charge in [-0.25, -0.2) is 9.18 Å². The smallest absolute Gasteiger partial charge is 0.337 e. The summed E-state index contributed by atoms with van der Waals surface area (Å²) >= 11 is 6.97. The Balaban J connectivity index is 2.88. The van der Waals surface area contributed by atoms with Gasteiger partial charge in [-0.1, -0.05) is 11.6 Å². The van der Waals surface area contributed by atoms with Gasteiger partial charge in [0.15, 0.2) is 0 Å². The lowest BCUT2D eigenvalue weighted by Gasteiger charge is -1.97. The predicted molar refractivity (Wildman–Crippen MR) is 53.8 cm³/mol. The average Bonchev–Trinajstić information content (AvgIpc) is 2.47. The molecule has 2 nitrogen and oxygen atoms in total. The lowest BCUT2D eigenvalue weighted by molar-refractivity contribution is 0.0698. The molecule has 0 aliphatic rings. The van der Waals surface area contributed by atoms with Crippen molar-refractivity contribution < 1.29 is 14.3 Å². The topological polar surface area (TPSA) is 37.3 Å². The van der Waals surface area contributed by atoms with E-state index in [1.165, 1.54) is 17.4 Å². The van der Waals surface area contributed by atoms with Gasteiger partial charge in [0.1, 0.15) is 5.82 Å². The molecule has 5 heteroatoms. The number of hydrogen-bond donors (Lipinski definition) is 1. The molecule has 2 rings (SSSR count). The van der Waals surface area contributed by atoms with E-state index in [1.54, 1.807) is 5.38 Å². The van der Waals surface area contributed by atoms with Crippen LogP contribution >= 0.6 is 22.9 Å². The zero-order valence-corrected chi connectivity index (χ0v) is 8.32. The molecule has 0 atom stereocenters. The average molecular weight is 231 g/mol. The number of thiophene rings is 1. The molecule has 1 aromatic heterocycles. The minimum Gasteiger partial charge on any atom is -0.478 e. The van der Waals surface area contributed by atoms with Crippen LogP contribution in [0, 0.1) is 5.82 Å². The highest BCUT2D eigenvalue weighted by Crippen LogP contribution is 2.33. The molecule has 0 amide bonds. The molecule has 0 radical (unpaired) electrons. The quantitative estimate of drug-likeness (QED) is 0.815. The van der Waals surface area contributed by atoms with E-state index in [2.05, 4.69) is 0 Å². The Labute approximate surface area is 87.5 Å². The number of fused-ring (bicyclic) bond motifs is 1. The Hall–Kier alpha value is -1.13. The largest absolute Gasteiger partial charge is 0.478 e. The predicted octanol–water partition coefficient (Wildman–Crippen LogP) is 3.39. The van der Waals surface area contributed by atoms with Crippen LogP contribution in [0.15, 0.2) is 17.5 Å². The normalized spacial score (nSPS) is 10.7. The number of aromatic carboxylic acids is 1. The second kappa shape index (κ2) is 3.22. The molecule has 0 aliphatic heterocycles. The number of carboxylic acids is 1. The maximum absolute atomic E-state index is 13.0. The van der Waals surface area contributed by atoms with E-state index in [9.17, 15) is 9.18 Å². The highest BCUT2D eigenvalue weighted by molar-refractivity contribution is 7.18. The summed E-state index contributed by atoms with van der Waals surface area (Å²) < 4.78 is 13.5. The van der Waals surface area contributed by atoms with Crippen molar-refractivity contribution >= 4 is 39.0 Å². The Kier molecular flexibility index (Phi) is 2.17. The SMILES string of the molecule is O=C(O)c1cc(F)cc2c(Cl)csc12. The lowest BCUT2D eigenvalue weighted by atomic mass is 10.1. The number of halogens is 2. The van der Waals surface area contributed by atoms with Crippen molar-refractivity contribution in [3.63, 3.8) is 0 Å². The van der Waals surface area contributed by atoms with E-state index in [1.807, 2.05) is 0 Å². The molecular formula is C9H4ClFO2S. The molecule has 1 aromatic carbocycles. The van der Waals surface area contributed by atoms with Gasteiger partial charge in [0.25, 0.3) is 0 Å². The molecule has 0 spiro atoms. The van der Waals surface area contributed by atoms with E-state index in [-0.39, 0.29) is 5.56 Å². The Morgan fingerprint density at radius 1 is 1.50 bits per heavy atom. The molecule has 0 saturated carbocycles. The van der Waals surface area contributed by atoms with Crippen molar-refractivity contribution in [2.45, 2.75) is 0 Å². The summed E-state index contributed by atoms with van der Waals surface area (Å²) in [7, 11) is 0. The summed E-state index contributed by atoms with van der Waals surface area (Å²) in [6.45, 7) is 0. The van der Waals surface area contributed by atoms with Gasteiger partial charge in [-0.05, 0) is 12.1 Å². The first-order chi connectivity index (χ1) is 6.59. The summed E-state index contributed by atoms with van der Waals surface area (Å²) in [5.41, 5.74) is -0.0445. The van der Waals surface area contributed by atoms with Crippen LogP contribution < -0.4 is 0 Å². The molecule has 72 valence electrons. The molecule has 0 aliphatic carbocycles. The third-order valence-electron chi connectivity index (χ3n) is 1.82. The van der Waals surface area contributed by atoms with Crippen LogP contribution in [0.25, 0.3) is 10.1 Å². The molecule has 1 N–H and O–H groups in total. The highest BCUT2D eigenvalue weighted by atomic mass is 35.5. The minimum atomic E-state index is -1.15. The van der Waals surface area contributed by atoms with Gasteiger partial charge in [0, 0.05) is 10.8 Å². The summed E-state index contributed by atoms with van der Waals surface area (Å²) in [6.07, 6.45) is 0. The Morgan fingerprint density at radius 3 is 2.86 bits per heavy atom. The number of benzene rings is 1. The molecule has 0 bridgehead atoms. The maximum Gasteiger partial charge on any atom is 0.337 e. The van der Waals surface area contributed by atoms with E-state index >= 15 is 0 Å². The highest BCUT2D eigenvalue weighted by Gasteiger charge is 2.13. The Morgan fingerprint density at radius 2 is 2.21 bits per heavy atom. The second-order valence-electron chi connectivity index (χ2n) is 2.72. The van der Waals surface area contributed by atoms with Crippen LogP contribution in [0.2, 0.25) is 5.02 Å². The minimum absolute atomic E-state index is 0.0445. The molecule has 0 unspecified atom stereocenters. The van der Waals surface area contributed by atoms with Crippen molar-refractivity contribution in [3.05, 3.63) is 33.9 Å². The number of carbonyl (C=O) groups is 1. The van der Waals surface area contributed by atoms with E-state index < -0.39 is 11.8 Å². The Bertz CT molecular complexity index is 521. The van der Waals surface area contributed by atoms with Gasteiger partial charge in [0.2, 0.25) is 0 Å². The number of hydrogen-bond acceptors (Lipinski definition) is 2. The molecule has 14 heavy (non-hydrogen) atoms. The van der Waals surface area contributed by atoms with Gasteiger partial charge < -0.3 is 5.11 Å². The van der Waals surface area contributed by atoms with Crippen LogP contribution in [-0.4, -0.2) is 11.1 Å². The van der Waals surface area contributed by atoms with Crippen LogP contribution in [0.3, 0.4) is 0 Å². The van der Waals surface area contributed by atoms with Gasteiger partial charge in [-0.2, -0.15) is 0 Å². The summed E-state index contributed by atoms with van der Waals surface area (Å²) in [6, 6.07) is 2.23. The fraction of sp³-hybridized carbons (Fsp3) is 0. The monoisotopic (exact) mass is 230 g/mol. The third-order valence-corrected chi connectivity index (χ3v) is 3.29. The fourth-order valence-electron chi connectivity index (χ4n) is 1.23. The standard InChI is InChI=1S/C9H4ClFO2S/c10-7-3-14-8-5(7)1-4(11)2-6(8)9(12)13/h1-3H,(H,12,13). The summed E-state index contributed by atoms with van der Waals surface area (Å²) in [5, 5.41) is 11.2.